The molecule has 0 bridgehead atoms. The molecule has 1 atom stereocenters. The molecule has 5 nitrogen and oxygen atoms in total. The highest BCUT2D eigenvalue weighted by Gasteiger charge is 2.17. The van der Waals surface area contributed by atoms with Gasteiger partial charge in [-0.25, -0.2) is 0 Å². The second-order valence-electron chi connectivity index (χ2n) is 8.25. The molecule has 5 heteroatoms. The summed E-state index contributed by atoms with van der Waals surface area (Å²) in [5, 5.41) is 17.6. The van der Waals surface area contributed by atoms with E-state index in [2.05, 4.69) is 30.8 Å². The minimum absolute atomic E-state index is 0.0308. The van der Waals surface area contributed by atoms with Crippen molar-refractivity contribution in [3.8, 4) is 23.4 Å². The summed E-state index contributed by atoms with van der Waals surface area (Å²) in [4.78, 5) is 14.2. The van der Waals surface area contributed by atoms with Crippen LogP contribution in [0.2, 0.25) is 0 Å². The second-order valence-corrected chi connectivity index (χ2v) is 8.25. The van der Waals surface area contributed by atoms with Crippen LogP contribution in [0.3, 0.4) is 0 Å². The van der Waals surface area contributed by atoms with Gasteiger partial charge < -0.3 is 9.64 Å². The zero-order chi connectivity index (χ0) is 26.1. The number of hydrogen-bond donors (Lipinski definition) is 0. The predicted molar refractivity (Wildman–Crippen MR) is 140 cm³/mol. The summed E-state index contributed by atoms with van der Waals surface area (Å²) < 4.78 is 4.25. The molecule has 0 amide bonds. The Morgan fingerprint density at radius 3 is 2.21 bits per heavy atom. The van der Waals surface area contributed by atoms with Crippen molar-refractivity contribution in [2.24, 2.45) is 11.8 Å². The minimum atomic E-state index is -0.0308. The maximum atomic E-state index is 12.4. The molecule has 3 rings (SSSR count). The molecule has 0 saturated carbocycles. The molecule has 184 valence electrons. The number of likely N-dealkylation sites (tertiary alicyclic amines) is 1. The van der Waals surface area contributed by atoms with Gasteiger partial charge in [0.25, 0.3) is 0 Å². The smallest absolute Gasteiger partial charge is 0.179 e. The van der Waals surface area contributed by atoms with Gasteiger partial charge in [-0.1, -0.05) is 71.9 Å². The van der Waals surface area contributed by atoms with E-state index >= 15 is 0 Å². The summed E-state index contributed by atoms with van der Waals surface area (Å²) in [5.74, 6) is 0.856. The van der Waals surface area contributed by atoms with Gasteiger partial charge in [-0.15, -0.1) is 0 Å². The molecule has 1 heterocycles. The first kappa shape index (κ1) is 30.9. The van der Waals surface area contributed by atoms with Crippen LogP contribution in [0, 0.1) is 34.6 Å². The number of methoxy groups -OCH3 is 1. The number of Topliss-reactive ketones (excluding diaryl/α,β-unsaturated/α-hetero) is 1. The van der Waals surface area contributed by atoms with E-state index in [0.29, 0.717) is 5.56 Å². The first-order valence-corrected chi connectivity index (χ1v) is 12.0. The zero-order valence-corrected chi connectivity index (χ0v) is 22.2. The molecule has 0 aliphatic carbocycles. The van der Waals surface area contributed by atoms with Crippen molar-refractivity contribution >= 4 is 5.78 Å². The number of ketones is 1. The van der Waals surface area contributed by atoms with Crippen LogP contribution in [0.25, 0.3) is 11.1 Å². The average Bonchev–Trinajstić information content (AvgIpc) is 3.30. The van der Waals surface area contributed by atoms with Crippen LogP contribution in [-0.2, 0) is 11.2 Å². The monoisotopic (exact) mass is 463 g/mol. The first-order chi connectivity index (χ1) is 16.3. The standard InChI is InChI=1S/C19H19NO.C6H10N2.C2H6O.C2H6/c1-4-14-9-10-15(11-18(14)19(21)13(2)3)17-8-6-5-7-16(17)12-20;1-6-2-3-8(4-6)5-7;1-3-2;1-2/h5-11,13H,4H2,1-3H3;6H,2-4H2,1H3;1-2H3;1-2H3. The molecule has 0 aromatic heterocycles. The van der Waals surface area contributed by atoms with E-state index < -0.39 is 0 Å². The van der Waals surface area contributed by atoms with Crippen LogP contribution in [0.5, 0.6) is 0 Å². The SMILES string of the molecule is CC.CC1CCN(C#N)C1.CCc1ccc(-c2ccccc2C#N)cc1C(=O)C(C)C.COC. The molecule has 1 saturated heterocycles. The Hall–Kier alpha value is -3.15. The first-order valence-electron chi connectivity index (χ1n) is 12.0. The van der Waals surface area contributed by atoms with Crippen molar-refractivity contribution in [1.29, 1.82) is 10.5 Å². The van der Waals surface area contributed by atoms with Crippen molar-refractivity contribution in [3.05, 3.63) is 59.2 Å². The molecule has 2 aromatic carbocycles. The Morgan fingerprint density at radius 1 is 1.15 bits per heavy atom. The molecule has 1 aliphatic rings. The number of hydrogen-bond acceptors (Lipinski definition) is 5. The normalized spacial score (nSPS) is 13.7. The quantitative estimate of drug-likeness (QED) is 0.371. The van der Waals surface area contributed by atoms with Gasteiger partial charge in [0.05, 0.1) is 11.6 Å². The second kappa shape index (κ2) is 17.3. The lowest BCUT2D eigenvalue weighted by Gasteiger charge is -2.12. The fourth-order valence-electron chi connectivity index (χ4n) is 3.45. The molecular weight excluding hydrogens is 422 g/mol. The Labute approximate surface area is 207 Å². The van der Waals surface area contributed by atoms with Gasteiger partial charge in [-0.2, -0.15) is 10.5 Å². The lowest BCUT2D eigenvalue weighted by Crippen LogP contribution is -2.12. The molecule has 1 unspecified atom stereocenters. The molecule has 0 radical (unpaired) electrons. The Morgan fingerprint density at radius 2 is 1.76 bits per heavy atom. The van der Waals surface area contributed by atoms with Crippen LogP contribution in [0.4, 0.5) is 0 Å². The van der Waals surface area contributed by atoms with Gasteiger partial charge in [0.15, 0.2) is 12.0 Å². The Bertz CT molecular complexity index is 955. The fourth-order valence-corrected chi connectivity index (χ4v) is 3.45. The maximum absolute atomic E-state index is 12.4. The van der Waals surface area contributed by atoms with Crippen LogP contribution in [0.15, 0.2) is 42.5 Å². The van der Waals surface area contributed by atoms with E-state index in [1.807, 2.05) is 69.0 Å². The number of carbonyl (C=O) groups is 1. The highest BCUT2D eigenvalue weighted by molar-refractivity contribution is 6.00. The third-order valence-corrected chi connectivity index (χ3v) is 5.20. The molecule has 1 aliphatic heterocycles. The molecule has 0 N–H and O–H groups in total. The maximum Gasteiger partial charge on any atom is 0.179 e. The van der Waals surface area contributed by atoms with Gasteiger partial charge in [-0.05, 0) is 47.6 Å². The Balaban J connectivity index is 0.000000692. The molecule has 1 fully saturated rings. The van der Waals surface area contributed by atoms with Gasteiger partial charge in [0.2, 0.25) is 0 Å². The van der Waals surface area contributed by atoms with E-state index in [1.54, 1.807) is 20.3 Å². The van der Waals surface area contributed by atoms with Crippen LogP contribution < -0.4 is 0 Å². The Kier molecular flexibility index (Phi) is 15.7. The van der Waals surface area contributed by atoms with E-state index in [1.165, 1.54) is 6.42 Å². The van der Waals surface area contributed by atoms with Crippen LogP contribution in [0.1, 0.15) is 69.4 Å². The number of benzene rings is 2. The summed E-state index contributed by atoms with van der Waals surface area (Å²) in [6.45, 7) is 14.0. The minimum Gasteiger partial charge on any atom is -0.388 e. The van der Waals surface area contributed by atoms with Gasteiger partial charge in [0, 0.05) is 38.8 Å². The molecule has 0 spiro atoms. The van der Waals surface area contributed by atoms with Crippen molar-refractivity contribution in [3.63, 3.8) is 0 Å². The number of nitriles is 2. The predicted octanol–water partition coefficient (Wildman–Crippen LogP) is 6.72. The molecule has 34 heavy (non-hydrogen) atoms. The third kappa shape index (κ3) is 9.77. The number of ether oxygens (including phenoxy) is 1. The lowest BCUT2D eigenvalue weighted by molar-refractivity contribution is 0.0938. The van der Waals surface area contributed by atoms with Crippen molar-refractivity contribution in [2.45, 2.75) is 54.4 Å². The van der Waals surface area contributed by atoms with Crippen LogP contribution in [-0.4, -0.2) is 38.0 Å². The summed E-state index contributed by atoms with van der Waals surface area (Å²) >= 11 is 0. The number of aryl methyl sites for hydroxylation is 1. The number of nitrogens with zero attached hydrogens (tertiary/aromatic N) is 3. The molecular formula is C29H41N3O2. The third-order valence-electron chi connectivity index (χ3n) is 5.20. The average molecular weight is 464 g/mol. The molecule has 2 aromatic rings. The van der Waals surface area contributed by atoms with Crippen molar-refractivity contribution in [2.75, 3.05) is 27.3 Å². The highest BCUT2D eigenvalue weighted by Crippen LogP contribution is 2.27. The summed E-state index contributed by atoms with van der Waals surface area (Å²) in [5.41, 5.74) is 4.27. The number of carbonyl (C=O) groups excluding carboxylic acids is 1. The van der Waals surface area contributed by atoms with Crippen molar-refractivity contribution in [1.82, 2.24) is 4.90 Å². The fraction of sp³-hybridized carbons (Fsp3) is 0.483. The van der Waals surface area contributed by atoms with Gasteiger partial charge in [-0.3, -0.25) is 4.79 Å². The van der Waals surface area contributed by atoms with Crippen LogP contribution >= 0.6 is 0 Å². The highest BCUT2D eigenvalue weighted by atomic mass is 16.4. The topological polar surface area (TPSA) is 77.1 Å². The largest absolute Gasteiger partial charge is 0.388 e. The summed E-state index contributed by atoms with van der Waals surface area (Å²) in [6.07, 6.45) is 4.14. The van der Waals surface area contributed by atoms with E-state index in [0.717, 1.165) is 47.7 Å². The van der Waals surface area contributed by atoms with Gasteiger partial charge >= 0.3 is 0 Å². The van der Waals surface area contributed by atoms with E-state index in [-0.39, 0.29) is 11.7 Å². The number of rotatable bonds is 4. The van der Waals surface area contributed by atoms with E-state index in [4.69, 9.17) is 5.26 Å². The van der Waals surface area contributed by atoms with E-state index in [9.17, 15) is 10.1 Å². The van der Waals surface area contributed by atoms with Gasteiger partial charge in [0.1, 0.15) is 0 Å². The summed E-state index contributed by atoms with van der Waals surface area (Å²) in [7, 11) is 3.25. The zero-order valence-electron chi connectivity index (χ0n) is 22.2. The summed E-state index contributed by atoms with van der Waals surface area (Å²) in [6, 6.07) is 15.6. The van der Waals surface area contributed by atoms with Crippen molar-refractivity contribution < 1.29 is 9.53 Å². The lowest BCUT2D eigenvalue weighted by atomic mass is 9.90.